The molecule has 34 heavy (non-hydrogen) atoms. The molecule has 0 aliphatic heterocycles. The van der Waals surface area contributed by atoms with Crippen LogP contribution in [0, 0.1) is 10.8 Å². The Hall–Kier alpha value is -3.58. The minimum Gasteiger partial charge on any atom is -0.481 e. The Bertz CT molecular complexity index is 703. The average molecular weight is 487 g/mol. The highest BCUT2D eigenvalue weighted by Crippen LogP contribution is 2.08. The number of carbonyl (C=O) groups excluding carboxylic acids is 2. The molecule has 194 valence electrons. The lowest BCUT2D eigenvalue weighted by atomic mass is 10.1. The molecule has 2 atom stereocenters. The fraction of sp³-hybridized carbons (Fsp3) is 0.700. The predicted octanol–water partition coefficient (Wildman–Crippen LogP) is -1.01. The molecule has 0 heterocycles. The van der Waals surface area contributed by atoms with Crippen LogP contribution in [0.5, 0.6) is 0 Å². The Kier molecular flexibility index (Phi) is 16.0. The second-order valence-electron chi connectivity index (χ2n) is 7.81. The van der Waals surface area contributed by atoms with Gasteiger partial charge in [-0.25, -0.2) is 4.79 Å². The molecule has 0 radical (unpaired) electrons. The van der Waals surface area contributed by atoms with Gasteiger partial charge in [0.1, 0.15) is 12.1 Å². The van der Waals surface area contributed by atoms with Crippen molar-refractivity contribution in [3.05, 3.63) is 0 Å². The van der Waals surface area contributed by atoms with E-state index in [-0.39, 0.29) is 31.3 Å². The molecule has 0 aromatic heterocycles. The lowest BCUT2D eigenvalue weighted by Crippen LogP contribution is -2.52. The van der Waals surface area contributed by atoms with Gasteiger partial charge >= 0.3 is 11.9 Å². The summed E-state index contributed by atoms with van der Waals surface area (Å²) in [7, 11) is 0. The van der Waals surface area contributed by atoms with Crippen LogP contribution < -0.4 is 32.7 Å². The first-order valence-electron chi connectivity index (χ1n) is 11.2. The van der Waals surface area contributed by atoms with E-state index in [0.717, 1.165) is 32.1 Å². The van der Waals surface area contributed by atoms with Crippen molar-refractivity contribution in [1.82, 2.24) is 21.3 Å². The van der Waals surface area contributed by atoms with Gasteiger partial charge in [-0.3, -0.25) is 25.2 Å². The maximum Gasteiger partial charge on any atom is 0.326 e. The van der Waals surface area contributed by atoms with Crippen molar-refractivity contribution in [2.24, 2.45) is 11.5 Å². The zero-order valence-electron chi connectivity index (χ0n) is 19.3. The van der Waals surface area contributed by atoms with Crippen LogP contribution in [0.4, 0.5) is 0 Å². The van der Waals surface area contributed by atoms with E-state index in [1.54, 1.807) is 0 Å². The summed E-state index contributed by atoms with van der Waals surface area (Å²) in [5, 5.41) is 42.4. The minimum atomic E-state index is -1.39. The third-order valence-electron chi connectivity index (χ3n) is 4.78. The Morgan fingerprint density at radius 3 is 1.79 bits per heavy atom. The number of amides is 2. The summed E-state index contributed by atoms with van der Waals surface area (Å²) >= 11 is 0. The molecule has 0 bridgehead atoms. The number of guanidine groups is 2. The van der Waals surface area contributed by atoms with Gasteiger partial charge < -0.3 is 42.9 Å². The molecule has 0 fully saturated rings. The molecule has 2 amide bonds. The molecule has 0 aromatic rings. The molecular weight excluding hydrogens is 448 g/mol. The molecule has 0 spiro atoms. The van der Waals surface area contributed by atoms with Crippen molar-refractivity contribution in [2.45, 2.75) is 76.3 Å². The summed E-state index contributed by atoms with van der Waals surface area (Å²) in [6, 6.07) is -2.67. The van der Waals surface area contributed by atoms with E-state index in [4.69, 9.17) is 27.4 Å². The van der Waals surface area contributed by atoms with Crippen LogP contribution in [-0.4, -0.2) is 71.1 Å². The molecule has 14 nitrogen and oxygen atoms in total. The number of nitrogens with two attached hydrogens (primary N) is 2. The molecule has 0 saturated carbocycles. The maximum atomic E-state index is 12.5. The fourth-order valence-electron chi connectivity index (χ4n) is 3.05. The van der Waals surface area contributed by atoms with Gasteiger partial charge in [0.2, 0.25) is 11.8 Å². The molecule has 12 N–H and O–H groups in total. The summed E-state index contributed by atoms with van der Waals surface area (Å²) in [5.74, 6) is -4.29. The van der Waals surface area contributed by atoms with Crippen molar-refractivity contribution in [1.29, 1.82) is 10.8 Å². The Balaban J connectivity index is 4.44. The lowest BCUT2D eigenvalue weighted by Gasteiger charge is -2.20. The first-order chi connectivity index (χ1) is 16.0. The van der Waals surface area contributed by atoms with E-state index in [0.29, 0.717) is 19.4 Å². The summed E-state index contributed by atoms with van der Waals surface area (Å²) in [6.45, 7) is 0.877. The molecule has 0 rings (SSSR count). The lowest BCUT2D eigenvalue weighted by molar-refractivity contribution is -0.143. The van der Waals surface area contributed by atoms with E-state index in [1.165, 1.54) is 0 Å². The normalized spacial score (nSPS) is 12.1. The van der Waals surface area contributed by atoms with Crippen molar-refractivity contribution in [3.63, 3.8) is 0 Å². The van der Waals surface area contributed by atoms with Gasteiger partial charge in [0, 0.05) is 19.5 Å². The number of rotatable bonds is 19. The van der Waals surface area contributed by atoms with Gasteiger partial charge in [-0.1, -0.05) is 25.7 Å². The summed E-state index contributed by atoms with van der Waals surface area (Å²) in [5.41, 5.74) is 10.3. The van der Waals surface area contributed by atoms with Crippen LogP contribution in [0.1, 0.15) is 64.2 Å². The van der Waals surface area contributed by atoms with Crippen molar-refractivity contribution >= 4 is 35.7 Å². The van der Waals surface area contributed by atoms with Crippen LogP contribution in [0.2, 0.25) is 0 Å². The largest absolute Gasteiger partial charge is 0.481 e. The van der Waals surface area contributed by atoms with Crippen LogP contribution in [0.25, 0.3) is 0 Å². The smallest absolute Gasteiger partial charge is 0.326 e. The van der Waals surface area contributed by atoms with Gasteiger partial charge in [0.05, 0.1) is 6.42 Å². The molecule has 0 aliphatic rings. The van der Waals surface area contributed by atoms with Crippen molar-refractivity contribution in [2.75, 3.05) is 13.1 Å². The number of unbranched alkanes of at least 4 members (excludes halogenated alkanes) is 5. The van der Waals surface area contributed by atoms with Crippen LogP contribution in [0.3, 0.4) is 0 Å². The van der Waals surface area contributed by atoms with E-state index in [1.807, 2.05) is 0 Å². The number of carbonyl (C=O) groups is 4. The van der Waals surface area contributed by atoms with Crippen LogP contribution in [-0.2, 0) is 19.2 Å². The zero-order valence-corrected chi connectivity index (χ0v) is 19.3. The van der Waals surface area contributed by atoms with E-state index in [9.17, 15) is 24.3 Å². The molecule has 14 heteroatoms. The zero-order chi connectivity index (χ0) is 25.9. The topological polar surface area (TPSA) is 257 Å². The SMILES string of the molecule is N=C(N)NCCCCCCCCC(=O)N[C@@H](CC(=O)O)C(=O)N[C@@H](CCCNC(=N)N)C(=O)O. The van der Waals surface area contributed by atoms with Crippen molar-refractivity contribution in [3.8, 4) is 0 Å². The molecule has 0 aliphatic carbocycles. The molecule has 0 unspecified atom stereocenters. The summed E-state index contributed by atoms with van der Waals surface area (Å²) < 4.78 is 0. The van der Waals surface area contributed by atoms with E-state index >= 15 is 0 Å². The Morgan fingerprint density at radius 2 is 1.26 bits per heavy atom. The fourth-order valence-corrected chi connectivity index (χ4v) is 3.05. The molecule has 0 aromatic carbocycles. The second kappa shape index (κ2) is 17.9. The third-order valence-corrected chi connectivity index (χ3v) is 4.78. The number of carboxylic acids is 2. The van der Waals surface area contributed by atoms with Crippen LogP contribution in [0.15, 0.2) is 0 Å². The number of carboxylic acid groups (broad SMARTS) is 2. The molecule has 0 saturated heterocycles. The Labute approximate surface area is 198 Å². The van der Waals surface area contributed by atoms with Gasteiger partial charge in [-0.15, -0.1) is 0 Å². The quantitative estimate of drug-likeness (QED) is 0.0604. The summed E-state index contributed by atoms with van der Waals surface area (Å²) in [4.78, 5) is 47.2. The van der Waals surface area contributed by atoms with Gasteiger partial charge in [0.25, 0.3) is 0 Å². The number of hydrogen-bond donors (Lipinski definition) is 10. The Morgan fingerprint density at radius 1 is 0.735 bits per heavy atom. The first-order valence-corrected chi connectivity index (χ1v) is 11.2. The first kappa shape index (κ1) is 30.4. The van der Waals surface area contributed by atoms with Gasteiger partial charge in [0.15, 0.2) is 11.9 Å². The van der Waals surface area contributed by atoms with Gasteiger partial charge in [-0.2, -0.15) is 0 Å². The van der Waals surface area contributed by atoms with E-state index in [2.05, 4.69) is 21.3 Å². The van der Waals surface area contributed by atoms with E-state index < -0.39 is 42.3 Å². The average Bonchev–Trinajstić information content (AvgIpc) is 2.73. The number of hydrogen-bond acceptors (Lipinski definition) is 6. The second-order valence-corrected chi connectivity index (χ2v) is 7.81. The van der Waals surface area contributed by atoms with Gasteiger partial charge in [-0.05, 0) is 25.7 Å². The highest BCUT2D eigenvalue weighted by molar-refractivity contribution is 5.92. The third kappa shape index (κ3) is 17.0. The monoisotopic (exact) mass is 486 g/mol. The number of nitrogens with one attached hydrogen (secondary N) is 6. The highest BCUT2D eigenvalue weighted by Gasteiger charge is 2.28. The number of aliphatic carboxylic acids is 2. The van der Waals surface area contributed by atoms with Crippen molar-refractivity contribution < 1.29 is 29.4 Å². The highest BCUT2D eigenvalue weighted by atomic mass is 16.4. The van der Waals surface area contributed by atoms with Crippen LogP contribution >= 0.6 is 0 Å². The predicted molar refractivity (Wildman–Crippen MR) is 125 cm³/mol. The standard InChI is InChI=1S/C20H38N8O6/c21-19(22)25-10-6-4-2-1-3-5-9-15(29)27-14(12-16(30)31)17(32)28-13(18(33)34)8-7-11-26-20(23)24/h13-14H,1-12H2,(H,27,29)(H,28,32)(H,30,31)(H,33,34)(H4,21,22,25)(H4,23,24,26)/t13-,14-/m0/s1. The summed E-state index contributed by atoms with van der Waals surface area (Å²) in [6.07, 6.45) is 4.84. The minimum absolute atomic E-state index is 0.0277. The maximum absolute atomic E-state index is 12.5. The molecular formula is C20H38N8O6.